The second-order valence-corrected chi connectivity index (χ2v) is 4.92. The van der Waals surface area contributed by atoms with Gasteiger partial charge in [-0.3, -0.25) is 4.79 Å². The zero-order chi connectivity index (χ0) is 14.2. The monoisotopic (exact) mass is 328 g/mol. The number of nitrogens with one attached hydrogen (secondary N) is 1. The fourth-order valence-electron chi connectivity index (χ4n) is 1.55. The Hall–Kier alpha value is -2.20. The molecule has 0 heterocycles. The van der Waals surface area contributed by atoms with Crippen molar-refractivity contribution in [3.63, 3.8) is 0 Å². The number of hydrazone groups is 1. The Bertz CT molecular complexity index is 621. The molecule has 0 aromatic heterocycles. The van der Waals surface area contributed by atoms with Crippen LogP contribution >= 0.6 is 15.9 Å². The molecule has 1 amide bonds. The summed E-state index contributed by atoms with van der Waals surface area (Å²) in [4.78, 5) is 11.7. The molecule has 20 heavy (non-hydrogen) atoms. The van der Waals surface area contributed by atoms with E-state index in [2.05, 4.69) is 26.5 Å². The first-order valence-corrected chi connectivity index (χ1v) is 6.86. The van der Waals surface area contributed by atoms with Gasteiger partial charge >= 0.3 is 0 Å². The molecule has 4 heteroatoms. The molecule has 2 rings (SSSR count). The van der Waals surface area contributed by atoms with Crippen LogP contribution in [0.2, 0.25) is 0 Å². The molecular weight excluding hydrogens is 316 g/mol. The lowest BCUT2D eigenvalue weighted by molar-refractivity contribution is 0.0955. The molecule has 0 aliphatic rings. The largest absolute Gasteiger partial charge is 0.271 e. The van der Waals surface area contributed by atoms with E-state index in [1.165, 1.54) is 0 Å². The van der Waals surface area contributed by atoms with Crippen molar-refractivity contribution < 1.29 is 4.79 Å². The maximum atomic E-state index is 11.7. The van der Waals surface area contributed by atoms with Crippen molar-refractivity contribution in [3.8, 4) is 0 Å². The molecule has 1 N–H and O–H groups in total. The van der Waals surface area contributed by atoms with Gasteiger partial charge in [0.25, 0.3) is 5.91 Å². The molecule has 100 valence electrons. The topological polar surface area (TPSA) is 41.5 Å². The van der Waals surface area contributed by atoms with E-state index in [0.29, 0.717) is 5.56 Å². The van der Waals surface area contributed by atoms with Gasteiger partial charge < -0.3 is 0 Å². The Morgan fingerprint density at radius 1 is 1.00 bits per heavy atom. The number of benzene rings is 2. The van der Waals surface area contributed by atoms with Crippen LogP contribution in [0, 0.1) is 0 Å². The summed E-state index contributed by atoms with van der Waals surface area (Å²) in [7, 11) is 0. The Balaban J connectivity index is 1.94. The zero-order valence-corrected chi connectivity index (χ0v) is 12.2. The fourth-order valence-corrected chi connectivity index (χ4v) is 1.92. The quantitative estimate of drug-likeness (QED) is 0.672. The maximum Gasteiger partial charge on any atom is 0.271 e. The number of hydrogen-bond acceptors (Lipinski definition) is 2. The van der Waals surface area contributed by atoms with Crippen molar-refractivity contribution in [3.05, 3.63) is 76.3 Å². The van der Waals surface area contributed by atoms with Gasteiger partial charge in [0.05, 0.1) is 6.21 Å². The van der Waals surface area contributed by atoms with Crippen molar-refractivity contribution in [2.24, 2.45) is 5.10 Å². The highest BCUT2D eigenvalue weighted by Gasteiger charge is 2.01. The second kappa shape index (κ2) is 7.40. The number of nitrogens with zero attached hydrogens (tertiary/aromatic N) is 1. The highest BCUT2D eigenvalue weighted by molar-refractivity contribution is 9.12. The van der Waals surface area contributed by atoms with Crippen LogP contribution in [0.5, 0.6) is 0 Å². The van der Waals surface area contributed by atoms with Gasteiger partial charge in [-0.1, -0.05) is 48.5 Å². The minimum absolute atomic E-state index is 0.234. The first-order chi connectivity index (χ1) is 9.75. The number of carbonyl (C=O) groups is 1. The lowest BCUT2D eigenvalue weighted by Crippen LogP contribution is -2.17. The van der Waals surface area contributed by atoms with Crippen molar-refractivity contribution in [1.29, 1.82) is 0 Å². The molecule has 0 fully saturated rings. The third-order valence-corrected chi connectivity index (χ3v) is 2.93. The molecule has 0 saturated carbocycles. The van der Waals surface area contributed by atoms with E-state index < -0.39 is 0 Å². The van der Waals surface area contributed by atoms with E-state index in [1.54, 1.807) is 18.3 Å². The number of amides is 1. The highest BCUT2D eigenvalue weighted by Crippen LogP contribution is 2.09. The van der Waals surface area contributed by atoms with Crippen molar-refractivity contribution >= 4 is 34.1 Å². The smallest absolute Gasteiger partial charge is 0.267 e. The van der Waals surface area contributed by atoms with E-state index in [4.69, 9.17) is 0 Å². The summed E-state index contributed by atoms with van der Waals surface area (Å²) in [6.45, 7) is 0. The Morgan fingerprint density at radius 3 is 2.25 bits per heavy atom. The van der Waals surface area contributed by atoms with Crippen LogP contribution in [-0.2, 0) is 0 Å². The molecule has 0 bridgehead atoms. The van der Waals surface area contributed by atoms with E-state index in [-0.39, 0.29) is 5.91 Å². The predicted octanol–water partition coefficient (Wildman–Crippen LogP) is 3.84. The van der Waals surface area contributed by atoms with Gasteiger partial charge in [-0.2, -0.15) is 5.10 Å². The van der Waals surface area contributed by atoms with Crippen LogP contribution in [-0.4, -0.2) is 12.1 Å². The van der Waals surface area contributed by atoms with Gasteiger partial charge in [0.1, 0.15) is 0 Å². The predicted molar refractivity (Wildman–Crippen MR) is 85.7 cm³/mol. The number of halogens is 1. The molecule has 0 atom stereocenters. The Labute approximate surface area is 126 Å². The summed E-state index contributed by atoms with van der Waals surface area (Å²) >= 11 is 3.38. The van der Waals surface area contributed by atoms with E-state index in [0.717, 1.165) is 10.0 Å². The van der Waals surface area contributed by atoms with Crippen molar-refractivity contribution in [2.75, 3.05) is 0 Å². The molecule has 0 unspecified atom stereocenters. The van der Waals surface area contributed by atoms with Crippen LogP contribution in [0.1, 0.15) is 15.9 Å². The number of carbonyl (C=O) groups excluding carboxylic acids is 1. The lowest BCUT2D eigenvalue weighted by Gasteiger charge is -1.98. The lowest BCUT2D eigenvalue weighted by atomic mass is 10.2. The van der Waals surface area contributed by atoms with Crippen molar-refractivity contribution in [1.82, 2.24) is 5.43 Å². The van der Waals surface area contributed by atoms with Gasteiger partial charge in [0.15, 0.2) is 0 Å². The minimum atomic E-state index is -0.234. The summed E-state index contributed by atoms with van der Waals surface area (Å²) in [6.07, 6.45) is 3.46. The molecule has 0 saturated heterocycles. The van der Waals surface area contributed by atoms with Crippen LogP contribution in [0.4, 0.5) is 0 Å². The second-order valence-electron chi connectivity index (χ2n) is 4.01. The molecule has 3 nitrogen and oxygen atoms in total. The average molecular weight is 329 g/mol. The molecule has 2 aromatic rings. The summed E-state index contributed by atoms with van der Waals surface area (Å²) < 4.78 is 0.775. The summed E-state index contributed by atoms with van der Waals surface area (Å²) in [5, 5.41) is 3.90. The summed E-state index contributed by atoms with van der Waals surface area (Å²) in [5.41, 5.74) is 4.11. The molecule has 0 spiro atoms. The van der Waals surface area contributed by atoms with Gasteiger partial charge in [0, 0.05) is 10.0 Å². The number of hydrogen-bond donors (Lipinski definition) is 1. The zero-order valence-electron chi connectivity index (χ0n) is 10.7. The van der Waals surface area contributed by atoms with Crippen LogP contribution in [0.3, 0.4) is 0 Å². The first kappa shape index (κ1) is 14.2. The van der Waals surface area contributed by atoms with E-state index in [1.807, 2.05) is 54.6 Å². The van der Waals surface area contributed by atoms with Gasteiger partial charge in [-0.05, 0) is 39.7 Å². The number of allylic oxidation sites excluding steroid dienone is 1. The minimum Gasteiger partial charge on any atom is -0.267 e. The van der Waals surface area contributed by atoms with E-state index >= 15 is 0 Å². The van der Waals surface area contributed by atoms with Gasteiger partial charge in [-0.25, -0.2) is 5.43 Å². The van der Waals surface area contributed by atoms with E-state index in [9.17, 15) is 4.79 Å². The van der Waals surface area contributed by atoms with Crippen LogP contribution in [0.25, 0.3) is 6.08 Å². The third-order valence-electron chi connectivity index (χ3n) is 2.49. The van der Waals surface area contributed by atoms with Gasteiger partial charge in [0.2, 0.25) is 0 Å². The summed E-state index contributed by atoms with van der Waals surface area (Å²) in [5.74, 6) is -0.234. The van der Waals surface area contributed by atoms with Crippen molar-refractivity contribution in [2.45, 2.75) is 0 Å². The molecule has 0 aliphatic carbocycles. The van der Waals surface area contributed by atoms with Crippen LogP contribution < -0.4 is 5.43 Å². The van der Waals surface area contributed by atoms with Crippen LogP contribution in [0.15, 0.2) is 70.2 Å². The average Bonchev–Trinajstić information content (AvgIpc) is 2.49. The van der Waals surface area contributed by atoms with Gasteiger partial charge in [-0.15, -0.1) is 0 Å². The SMILES string of the molecule is O=C(N/N=C\C(Br)=C\c1ccccc1)c1ccccc1. The Morgan fingerprint density at radius 2 is 1.60 bits per heavy atom. The summed E-state index contributed by atoms with van der Waals surface area (Å²) in [6, 6.07) is 18.8. The molecular formula is C16H13BrN2O. The first-order valence-electron chi connectivity index (χ1n) is 6.06. The number of rotatable bonds is 4. The third kappa shape index (κ3) is 4.48. The highest BCUT2D eigenvalue weighted by atomic mass is 79.9. The Kier molecular flexibility index (Phi) is 5.26. The molecule has 2 aromatic carbocycles. The molecule has 0 aliphatic heterocycles. The normalized spacial score (nSPS) is 11.6. The fraction of sp³-hybridized carbons (Fsp3) is 0. The molecule has 0 radical (unpaired) electrons. The maximum absolute atomic E-state index is 11.7. The standard InChI is InChI=1S/C16H13BrN2O/c17-15(11-13-7-3-1-4-8-13)12-18-19-16(20)14-9-5-2-6-10-14/h1-12H,(H,19,20)/b15-11-,18-12-.